The van der Waals surface area contributed by atoms with E-state index in [1.165, 1.54) is 12.4 Å². The van der Waals surface area contributed by atoms with E-state index in [0.717, 1.165) is 12.1 Å². The van der Waals surface area contributed by atoms with Crippen molar-refractivity contribution in [2.75, 3.05) is 5.32 Å². The fourth-order valence-corrected chi connectivity index (χ4v) is 1.46. The van der Waals surface area contributed by atoms with Crippen molar-refractivity contribution in [1.82, 2.24) is 9.97 Å². The van der Waals surface area contributed by atoms with Crippen molar-refractivity contribution in [2.24, 2.45) is 0 Å². The molecular formula is C11H6ClFN4O3. The average Bonchev–Trinajstić information content (AvgIpc) is 2.41. The Hall–Kier alpha value is -2.61. The molecule has 1 aromatic heterocycles. The summed E-state index contributed by atoms with van der Waals surface area (Å²) in [7, 11) is 0. The van der Waals surface area contributed by atoms with Crippen LogP contribution in [0.25, 0.3) is 0 Å². The number of aromatic nitrogens is 2. The van der Waals surface area contributed by atoms with Crippen molar-refractivity contribution >= 4 is 29.0 Å². The highest BCUT2D eigenvalue weighted by molar-refractivity contribution is 6.29. The van der Waals surface area contributed by atoms with Gasteiger partial charge in [-0.15, -0.1) is 0 Å². The third-order valence-corrected chi connectivity index (χ3v) is 2.47. The molecule has 0 saturated carbocycles. The van der Waals surface area contributed by atoms with E-state index in [1.54, 1.807) is 0 Å². The first-order valence-electron chi connectivity index (χ1n) is 5.20. The second-order valence-corrected chi connectivity index (χ2v) is 3.99. The van der Waals surface area contributed by atoms with Gasteiger partial charge >= 0.3 is 0 Å². The molecule has 0 fully saturated rings. The maximum atomic E-state index is 13.6. The zero-order chi connectivity index (χ0) is 14.7. The summed E-state index contributed by atoms with van der Waals surface area (Å²) in [5.41, 5.74) is -0.780. The van der Waals surface area contributed by atoms with Gasteiger partial charge in [-0.1, -0.05) is 11.6 Å². The van der Waals surface area contributed by atoms with Gasteiger partial charge in [0.25, 0.3) is 11.6 Å². The monoisotopic (exact) mass is 296 g/mol. The fraction of sp³-hybridized carbons (Fsp3) is 0. The molecule has 20 heavy (non-hydrogen) atoms. The summed E-state index contributed by atoms with van der Waals surface area (Å²) in [6, 6.07) is 2.72. The van der Waals surface area contributed by atoms with E-state index < -0.39 is 22.3 Å². The zero-order valence-electron chi connectivity index (χ0n) is 9.71. The molecule has 1 N–H and O–H groups in total. The second kappa shape index (κ2) is 5.57. The standard InChI is InChI=1S/C11H6ClFN4O3/c12-9-4-15-10(5-14-9)16-11(18)7-2-1-6(17(19)20)3-8(7)13/h1-5H,(H,15,16,18). The first-order valence-corrected chi connectivity index (χ1v) is 5.58. The number of nitrogens with zero attached hydrogens (tertiary/aromatic N) is 3. The molecule has 7 nitrogen and oxygen atoms in total. The molecule has 0 spiro atoms. The summed E-state index contributed by atoms with van der Waals surface area (Å²) in [6.07, 6.45) is 2.41. The minimum absolute atomic E-state index is 0.0807. The Morgan fingerprint density at radius 2 is 2.10 bits per heavy atom. The number of hydrogen-bond donors (Lipinski definition) is 1. The van der Waals surface area contributed by atoms with Gasteiger partial charge in [0.15, 0.2) is 5.82 Å². The summed E-state index contributed by atoms with van der Waals surface area (Å²) in [5, 5.41) is 12.9. The van der Waals surface area contributed by atoms with Gasteiger partial charge in [0.1, 0.15) is 11.0 Å². The molecule has 2 rings (SSSR count). The molecule has 0 radical (unpaired) electrons. The molecule has 0 bridgehead atoms. The van der Waals surface area contributed by atoms with Gasteiger partial charge in [-0.3, -0.25) is 14.9 Å². The van der Waals surface area contributed by atoms with Crippen molar-refractivity contribution < 1.29 is 14.1 Å². The summed E-state index contributed by atoms with van der Waals surface area (Å²) in [5.74, 6) is -1.72. The van der Waals surface area contributed by atoms with Crippen LogP contribution in [0.1, 0.15) is 10.4 Å². The molecule has 0 saturated heterocycles. The Bertz CT molecular complexity index is 678. The van der Waals surface area contributed by atoms with Gasteiger partial charge in [-0.25, -0.2) is 14.4 Å². The minimum atomic E-state index is -1.00. The van der Waals surface area contributed by atoms with Crippen molar-refractivity contribution in [1.29, 1.82) is 0 Å². The quantitative estimate of drug-likeness (QED) is 0.693. The largest absolute Gasteiger partial charge is 0.305 e. The van der Waals surface area contributed by atoms with Gasteiger partial charge in [0, 0.05) is 6.07 Å². The first-order chi connectivity index (χ1) is 9.47. The van der Waals surface area contributed by atoms with Crippen LogP contribution in [0.4, 0.5) is 15.9 Å². The average molecular weight is 297 g/mol. The molecular weight excluding hydrogens is 291 g/mol. The van der Waals surface area contributed by atoms with E-state index in [-0.39, 0.29) is 16.5 Å². The van der Waals surface area contributed by atoms with Gasteiger partial charge in [0.2, 0.25) is 0 Å². The Labute approximate surface area is 116 Å². The van der Waals surface area contributed by atoms with Crippen molar-refractivity contribution in [2.45, 2.75) is 0 Å². The van der Waals surface area contributed by atoms with Crippen LogP contribution in [0.5, 0.6) is 0 Å². The lowest BCUT2D eigenvalue weighted by Crippen LogP contribution is -2.15. The van der Waals surface area contributed by atoms with Crippen molar-refractivity contribution in [3.05, 3.63) is 57.2 Å². The van der Waals surface area contributed by atoms with Crippen molar-refractivity contribution in [3.63, 3.8) is 0 Å². The number of carbonyl (C=O) groups is 1. The Kier molecular flexibility index (Phi) is 3.85. The minimum Gasteiger partial charge on any atom is -0.305 e. The highest BCUT2D eigenvalue weighted by Gasteiger charge is 2.16. The van der Waals surface area contributed by atoms with E-state index >= 15 is 0 Å². The van der Waals surface area contributed by atoms with Gasteiger partial charge in [0.05, 0.1) is 28.9 Å². The van der Waals surface area contributed by atoms with Crippen LogP contribution in [-0.2, 0) is 0 Å². The molecule has 2 aromatic rings. The van der Waals surface area contributed by atoms with Gasteiger partial charge in [-0.05, 0) is 6.07 Å². The first kappa shape index (κ1) is 13.8. The summed E-state index contributed by atoms with van der Waals surface area (Å²) < 4.78 is 13.6. The number of rotatable bonds is 3. The zero-order valence-corrected chi connectivity index (χ0v) is 10.5. The fourth-order valence-electron chi connectivity index (χ4n) is 1.36. The van der Waals surface area contributed by atoms with Crippen molar-refractivity contribution in [3.8, 4) is 0 Å². The number of nitro benzene ring substituents is 1. The number of nitro groups is 1. The highest BCUT2D eigenvalue weighted by atomic mass is 35.5. The van der Waals surface area contributed by atoms with E-state index in [4.69, 9.17) is 11.6 Å². The third-order valence-electron chi connectivity index (χ3n) is 2.27. The van der Waals surface area contributed by atoms with Crippen LogP contribution in [0.15, 0.2) is 30.6 Å². The number of amides is 1. The number of nitrogens with one attached hydrogen (secondary N) is 1. The SMILES string of the molecule is O=C(Nc1cnc(Cl)cn1)c1ccc([N+](=O)[O-])cc1F. The number of benzene rings is 1. The lowest BCUT2D eigenvalue weighted by atomic mass is 10.2. The maximum Gasteiger partial charge on any atom is 0.272 e. The Balaban J connectivity index is 2.21. The van der Waals surface area contributed by atoms with Crippen LogP contribution in [0, 0.1) is 15.9 Å². The van der Waals surface area contributed by atoms with Crippen LogP contribution in [0.2, 0.25) is 5.15 Å². The molecule has 1 heterocycles. The number of carbonyl (C=O) groups excluding carboxylic acids is 1. The second-order valence-electron chi connectivity index (χ2n) is 3.60. The number of halogens is 2. The predicted octanol–water partition coefficient (Wildman–Crippen LogP) is 2.43. The molecule has 1 amide bonds. The lowest BCUT2D eigenvalue weighted by Gasteiger charge is -2.04. The number of hydrogen-bond acceptors (Lipinski definition) is 5. The molecule has 0 aliphatic rings. The topological polar surface area (TPSA) is 98.0 Å². The smallest absolute Gasteiger partial charge is 0.272 e. The Morgan fingerprint density at radius 1 is 1.35 bits per heavy atom. The van der Waals surface area contributed by atoms with Gasteiger partial charge < -0.3 is 5.32 Å². The molecule has 0 unspecified atom stereocenters. The molecule has 0 aliphatic carbocycles. The maximum absolute atomic E-state index is 13.6. The molecule has 0 aliphatic heterocycles. The van der Waals surface area contributed by atoms with E-state index in [2.05, 4.69) is 15.3 Å². The summed E-state index contributed by atoms with van der Waals surface area (Å²) >= 11 is 5.53. The van der Waals surface area contributed by atoms with E-state index in [1.807, 2.05) is 0 Å². The van der Waals surface area contributed by atoms with Gasteiger partial charge in [-0.2, -0.15) is 0 Å². The molecule has 102 valence electrons. The highest BCUT2D eigenvalue weighted by Crippen LogP contribution is 2.17. The lowest BCUT2D eigenvalue weighted by molar-refractivity contribution is -0.385. The van der Waals surface area contributed by atoms with E-state index in [0.29, 0.717) is 6.07 Å². The van der Waals surface area contributed by atoms with Crippen LogP contribution in [0.3, 0.4) is 0 Å². The normalized spacial score (nSPS) is 10.1. The molecule has 0 atom stereocenters. The van der Waals surface area contributed by atoms with Crippen LogP contribution >= 0.6 is 11.6 Å². The third kappa shape index (κ3) is 3.04. The Morgan fingerprint density at radius 3 is 2.65 bits per heavy atom. The van der Waals surface area contributed by atoms with Crippen LogP contribution in [-0.4, -0.2) is 20.8 Å². The summed E-state index contributed by atoms with van der Waals surface area (Å²) in [6.45, 7) is 0. The molecule has 1 aromatic carbocycles. The molecule has 9 heteroatoms. The number of non-ortho nitro benzene ring substituents is 1. The van der Waals surface area contributed by atoms with E-state index in [9.17, 15) is 19.3 Å². The van der Waals surface area contributed by atoms with Crippen LogP contribution < -0.4 is 5.32 Å². The number of anilines is 1. The predicted molar refractivity (Wildman–Crippen MR) is 68.0 cm³/mol. The summed E-state index contributed by atoms with van der Waals surface area (Å²) in [4.78, 5) is 28.9.